The number of fused-ring (bicyclic) bond motifs is 1. The van der Waals surface area contributed by atoms with E-state index in [2.05, 4.69) is 24.3 Å². The fourth-order valence-electron chi connectivity index (χ4n) is 4.84. The molecule has 0 radical (unpaired) electrons. The summed E-state index contributed by atoms with van der Waals surface area (Å²) in [6.07, 6.45) is 12.2. The number of benzene rings is 4. The van der Waals surface area contributed by atoms with Gasteiger partial charge < -0.3 is 9.47 Å². The van der Waals surface area contributed by atoms with E-state index in [4.69, 9.17) is 9.47 Å². The van der Waals surface area contributed by atoms with Crippen LogP contribution in [0.5, 0.6) is 11.5 Å². The van der Waals surface area contributed by atoms with Gasteiger partial charge in [0.05, 0.1) is 13.5 Å². The molecule has 1 aliphatic carbocycles. The summed E-state index contributed by atoms with van der Waals surface area (Å²) in [5, 5.41) is 0. The Morgan fingerprint density at radius 3 is 2.17 bits per heavy atom. The van der Waals surface area contributed by atoms with Gasteiger partial charge in [-0.05, 0) is 71.0 Å². The minimum atomic E-state index is -0.290. The maximum Gasteiger partial charge on any atom is 0.163 e. The molecule has 0 unspecified atom stereocenters. The van der Waals surface area contributed by atoms with Crippen molar-refractivity contribution < 1.29 is 19.1 Å². The Balaban J connectivity index is 1.23. The molecular formula is C37H32O4. The highest BCUT2D eigenvalue weighted by atomic mass is 16.5. The summed E-state index contributed by atoms with van der Waals surface area (Å²) in [5.41, 5.74) is 6.26. The first-order chi connectivity index (χ1) is 20.1. The highest BCUT2D eigenvalue weighted by molar-refractivity contribution is 6.11. The third kappa shape index (κ3) is 7.37. The van der Waals surface area contributed by atoms with Gasteiger partial charge in [0.2, 0.25) is 0 Å². The molecule has 5 rings (SSSR count). The molecule has 4 nitrogen and oxygen atoms in total. The number of allylic oxidation sites excluding steroid dienone is 3. The summed E-state index contributed by atoms with van der Waals surface area (Å²) in [6, 6.07) is 31.8. The molecular weight excluding hydrogens is 508 g/mol. The molecule has 4 heteroatoms. The summed E-state index contributed by atoms with van der Waals surface area (Å²) in [7, 11) is 1.58. The molecule has 4 aromatic carbocycles. The molecule has 0 fully saturated rings. The molecule has 1 aliphatic rings. The fraction of sp³-hybridized carbons (Fsp3) is 0.135. The number of hydrogen-bond acceptors (Lipinski definition) is 4. The van der Waals surface area contributed by atoms with E-state index in [1.54, 1.807) is 19.3 Å². The van der Waals surface area contributed by atoms with E-state index >= 15 is 0 Å². The molecule has 0 aromatic heterocycles. The first-order valence-corrected chi connectivity index (χ1v) is 13.7. The molecule has 0 N–H and O–H groups in total. The second kappa shape index (κ2) is 13.4. The first-order valence-electron chi connectivity index (χ1n) is 13.7. The van der Waals surface area contributed by atoms with E-state index in [9.17, 15) is 9.59 Å². The highest BCUT2D eigenvalue weighted by Gasteiger charge is 2.17. The summed E-state index contributed by atoms with van der Waals surface area (Å²) in [4.78, 5) is 25.0. The Hall–Kier alpha value is -4.96. The van der Waals surface area contributed by atoms with Crippen molar-refractivity contribution in [1.82, 2.24) is 0 Å². The smallest absolute Gasteiger partial charge is 0.163 e. The van der Waals surface area contributed by atoms with Crippen molar-refractivity contribution in [3.05, 3.63) is 149 Å². The Morgan fingerprint density at radius 1 is 0.805 bits per heavy atom. The van der Waals surface area contributed by atoms with Gasteiger partial charge in [0.25, 0.3) is 0 Å². The molecule has 0 spiro atoms. The van der Waals surface area contributed by atoms with Crippen LogP contribution in [0.1, 0.15) is 52.3 Å². The van der Waals surface area contributed by atoms with Crippen LogP contribution in [0, 0.1) is 0 Å². The summed E-state index contributed by atoms with van der Waals surface area (Å²) in [5.74, 6) is 0.702. The van der Waals surface area contributed by atoms with Gasteiger partial charge in [0.15, 0.2) is 11.6 Å². The van der Waals surface area contributed by atoms with Crippen molar-refractivity contribution in [1.29, 1.82) is 0 Å². The minimum absolute atomic E-state index is 0.194. The van der Waals surface area contributed by atoms with Gasteiger partial charge in [-0.2, -0.15) is 0 Å². The van der Waals surface area contributed by atoms with Crippen molar-refractivity contribution in [3.63, 3.8) is 0 Å². The van der Waals surface area contributed by atoms with Gasteiger partial charge in [-0.25, -0.2) is 0 Å². The Kier molecular flexibility index (Phi) is 9.02. The van der Waals surface area contributed by atoms with Gasteiger partial charge >= 0.3 is 0 Å². The lowest BCUT2D eigenvalue weighted by molar-refractivity contribution is -0.121. The van der Waals surface area contributed by atoms with Crippen LogP contribution in [0.25, 0.3) is 18.2 Å². The molecule has 0 amide bonds. The zero-order valence-corrected chi connectivity index (χ0v) is 23.0. The van der Waals surface area contributed by atoms with Crippen molar-refractivity contribution >= 4 is 29.8 Å². The van der Waals surface area contributed by atoms with Crippen molar-refractivity contribution in [3.8, 4) is 11.5 Å². The molecule has 0 saturated heterocycles. The van der Waals surface area contributed by atoms with E-state index in [1.807, 2.05) is 84.9 Å². The quantitative estimate of drug-likeness (QED) is 0.143. The lowest BCUT2D eigenvalue weighted by Gasteiger charge is -2.21. The number of carbonyl (C=O) groups excluding carboxylic acids is 2. The highest BCUT2D eigenvalue weighted by Crippen LogP contribution is 2.32. The SMILES string of the molecule is COc1cc(OC(c2ccccc2)c2ccccc2)ccc1/C=C/C(=O)CC(=O)/C=C/c1ccc2c(c1)CCC=C2. The number of ether oxygens (including phenoxy) is 2. The van der Waals surface area contributed by atoms with Crippen LogP contribution in [-0.4, -0.2) is 18.7 Å². The van der Waals surface area contributed by atoms with Crippen LogP contribution in [0.2, 0.25) is 0 Å². The molecule has 0 heterocycles. The summed E-state index contributed by atoms with van der Waals surface area (Å²) < 4.78 is 12.0. The second-order valence-electron chi connectivity index (χ2n) is 9.90. The molecule has 0 aliphatic heterocycles. The minimum Gasteiger partial charge on any atom is -0.496 e. The maximum atomic E-state index is 12.5. The lowest BCUT2D eigenvalue weighted by Crippen LogP contribution is -2.09. The fourth-order valence-corrected chi connectivity index (χ4v) is 4.84. The average molecular weight is 541 g/mol. The van der Waals surface area contributed by atoms with Crippen LogP contribution >= 0.6 is 0 Å². The molecule has 204 valence electrons. The van der Waals surface area contributed by atoms with Gasteiger partial charge in [-0.15, -0.1) is 0 Å². The van der Waals surface area contributed by atoms with Crippen LogP contribution in [0.4, 0.5) is 0 Å². The topological polar surface area (TPSA) is 52.6 Å². The number of methoxy groups -OCH3 is 1. The number of carbonyl (C=O) groups is 2. The summed E-state index contributed by atoms with van der Waals surface area (Å²) in [6.45, 7) is 0. The lowest BCUT2D eigenvalue weighted by atomic mass is 9.95. The van der Waals surface area contributed by atoms with Gasteiger partial charge in [-0.3, -0.25) is 9.59 Å². The van der Waals surface area contributed by atoms with Crippen molar-refractivity contribution in [2.24, 2.45) is 0 Å². The molecule has 41 heavy (non-hydrogen) atoms. The number of aryl methyl sites for hydroxylation is 1. The summed E-state index contributed by atoms with van der Waals surface area (Å²) >= 11 is 0. The normalized spacial score (nSPS) is 12.5. The maximum absolute atomic E-state index is 12.5. The average Bonchev–Trinajstić information content (AvgIpc) is 3.02. The van der Waals surface area contributed by atoms with E-state index < -0.39 is 0 Å². The molecule has 0 atom stereocenters. The van der Waals surface area contributed by atoms with Crippen LogP contribution in [0.15, 0.2) is 115 Å². The van der Waals surface area contributed by atoms with Crippen LogP contribution in [-0.2, 0) is 16.0 Å². The predicted molar refractivity (Wildman–Crippen MR) is 165 cm³/mol. The second-order valence-corrected chi connectivity index (χ2v) is 9.90. The van der Waals surface area contributed by atoms with Crippen molar-refractivity contribution in [2.75, 3.05) is 7.11 Å². The number of hydrogen-bond donors (Lipinski definition) is 0. The molecule has 4 aromatic rings. The Labute approximate surface area is 241 Å². The Morgan fingerprint density at radius 2 is 1.49 bits per heavy atom. The van der Waals surface area contributed by atoms with Gasteiger partial charge in [-0.1, -0.05) is 97.1 Å². The third-order valence-electron chi connectivity index (χ3n) is 6.97. The number of ketones is 2. The standard InChI is InChI=1S/C37H32O4/c1-40-36-26-35(41-37(30-11-4-2-5-12-30)31-13-6-3-7-14-31)23-20-29(36)19-22-34(39)25-33(38)21-17-27-16-18-28-10-8-9-15-32(28)24-27/h2-8,10-14,16-24,26,37H,9,15,25H2,1H3/b21-17+,22-19+. The van der Waals surface area contributed by atoms with Gasteiger partial charge in [0, 0.05) is 11.6 Å². The van der Waals surface area contributed by atoms with E-state index in [1.165, 1.54) is 23.3 Å². The largest absolute Gasteiger partial charge is 0.496 e. The van der Waals surface area contributed by atoms with E-state index in [-0.39, 0.29) is 24.1 Å². The Bertz CT molecular complexity index is 1560. The zero-order valence-electron chi connectivity index (χ0n) is 23.0. The first kappa shape index (κ1) is 27.6. The van der Waals surface area contributed by atoms with Gasteiger partial charge in [0.1, 0.15) is 17.6 Å². The molecule has 0 bridgehead atoms. The monoisotopic (exact) mass is 540 g/mol. The van der Waals surface area contributed by atoms with Crippen LogP contribution in [0.3, 0.4) is 0 Å². The van der Waals surface area contributed by atoms with E-state index in [0.717, 1.165) is 35.1 Å². The van der Waals surface area contributed by atoms with Crippen LogP contribution < -0.4 is 9.47 Å². The number of rotatable bonds is 11. The van der Waals surface area contributed by atoms with Crippen molar-refractivity contribution in [2.45, 2.75) is 25.4 Å². The zero-order chi connectivity index (χ0) is 28.4. The van der Waals surface area contributed by atoms with E-state index in [0.29, 0.717) is 11.5 Å². The predicted octanol–water partition coefficient (Wildman–Crippen LogP) is 8.08. The molecule has 0 saturated carbocycles. The third-order valence-corrected chi connectivity index (χ3v) is 6.97.